The Kier molecular flexibility index (Phi) is 11.3. The third-order valence-electron chi connectivity index (χ3n) is 1.26. The second-order valence-electron chi connectivity index (χ2n) is 2.04. The fourth-order valence-corrected chi connectivity index (χ4v) is 0.617. The largest absolute Gasteiger partial charge is 0.481 e. The lowest BCUT2D eigenvalue weighted by Crippen LogP contribution is -2.16. The maximum Gasteiger partial charge on any atom is 0.307 e. The van der Waals surface area contributed by atoms with Crippen molar-refractivity contribution in [2.24, 2.45) is 5.92 Å². The summed E-state index contributed by atoms with van der Waals surface area (Å²) in [5, 5.41) is 16.6. The van der Waals surface area contributed by atoms with Crippen molar-refractivity contribution >= 4 is 11.9 Å². The Hall–Kier alpha value is -1.14. The lowest BCUT2D eigenvalue weighted by Gasteiger charge is -2.03. The summed E-state index contributed by atoms with van der Waals surface area (Å²) in [4.78, 5) is 20.2. The molecule has 6 nitrogen and oxygen atoms in total. The second-order valence-corrected chi connectivity index (χ2v) is 2.04. The van der Waals surface area contributed by atoms with Crippen molar-refractivity contribution in [3.8, 4) is 0 Å². The Bertz CT molecular complexity index is 148. The minimum Gasteiger partial charge on any atom is -0.481 e. The Balaban J connectivity index is -0.000000405. The lowest BCUT2D eigenvalue weighted by atomic mass is 10.0. The topological polar surface area (TPSA) is 145 Å². The van der Waals surface area contributed by atoms with Gasteiger partial charge in [-0.3, -0.25) is 9.59 Å². The third-order valence-corrected chi connectivity index (χ3v) is 1.26. The van der Waals surface area contributed by atoms with Crippen LogP contribution in [0.5, 0.6) is 0 Å². The summed E-state index contributed by atoms with van der Waals surface area (Å²) < 4.78 is 0. The number of carboxylic acid groups (broad SMARTS) is 2. The van der Waals surface area contributed by atoms with Crippen LogP contribution in [0, 0.1) is 5.92 Å². The molecular weight excluding hydrogens is 164 g/mol. The van der Waals surface area contributed by atoms with Gasteiger partial charge in [0.05, 0.1) is 12.3 Å². The molecule has 0 rings (SSSR count). The van der Waals surface area contributed by atoms with Gasteiger partial charge in [0.25, 0.3) is 0 Å². The van der Waals surface area contributed by atoms with Gasteiger partial charge in [0.2, 0.25) is 0 Å². The fourth-order valence-electron chi connectivity index (χ4n) is 0.617. The van der Waals surface area contributed by atoms with Gasteiger partial charge >= 0.3 is 11.9 Å². The van der Waals surface area contributed by atoms with Crippen molar-refractivity contribution in [1.82, 2.24) is 12.3 Å². The quantitative estimate of drug-likeness (QED) is 0.505. The predicted octanol–water partition coefficient (Wildman–Crippen LogP) is 0.896. The molecule has 0 aromatic rings. The zero-order valence-corrected chi connectivity index (χ0v) is 7.12. The summed E-state index contributed by atoms with van der Waals surface area (Å²) in [6.07, 6.45) is 0.0769. The van der Waals surface area contributed by atoms with Crippen molar-refractivity contribution in [2.75, 3.05) is 0 Å². The van der Waals surface area contributed by atoms with Gasteiger partial charge in [-0.1, -0.05) is 6.92 Å². The maximum absolute atomic E-state index is 10.2. The average Bonchev–Trinajstić information content (AvgIpc) is 1.81. The number of carboxylic acids is 2. The Morgan fingerprint density at radius 3 is 1.75 bits per heavy atom. The van der Waals surface area contributed by atoms with Crippen LogP contribution < -0.4 is 12.3 Å². The molecule has 0 amide bonds. The molecule has 1 atom stereocenters. The third kappa shape index (κ3) is 6.97. The zero-order chi connectivity index (χ0) is 8.15. The zero-order valence-electron chi connectivity index (χ0n) is 7.12. The minimum atomic E-state index is -1.06. The van der Waals surface area contributed by atoms with E-state index in [0.29, 0.717) is 6.42 Å². The molecule has 1 unspecified atom stereocenters. The normalized spacial score (nSPS) is 10.4. The van der Waals surface area contributed by atoms with Gasteiger partial charge in [0.15, 0.2) is 0 Å². The van der Waals surface area contributed by atoms with Crippen LogP contribution >= 0.6 is 0 Å². The molecule has 0 heterocycles. The van der Waals surface area contributed by atoms with E-state index in [0.717, 1.165) is 0 Å². The van der Waals surface area contributed by atoms with E-state index in [4.69, 9.17) is 10.2 Å². The minimum absolute atomic E-state index is 0. The molecule has 0 aliphatic carbocycles. The molecule has 0 bridgehead atoms. The van der Waals surface area contributed by atoms with E-state index in [-0.39, 0.29) is 18.7 Å². The molecular formula is C6H16N2O4. The smallest absolute Gasteiger partial charge is 0.307 e. The number of aliphatic carboxylic acids is 2. The average molecular weight is 180 g/mol. The molecule has 0 aromatic heterocycles. The van der Waals surface area contributed by atoms with E-state index in [1.165, 1.54) is 0 Å². The van der Waals surface area contributed by atoms with Crippen molar-refractivity contribution in [1.29, 1.82) is 0 Å². The summed E-state index contributed by atoms with van der Waals surface area (Å²) in [5.41, 5.74) is 0. The lowest BCUT2D eigenvalue weighted by molar-refractivity contribution is -0.148. The van der Waals surface area contributed by atoms with E-state index in [2.05, 4.69) is 0 Å². The highest BCUT2D eigenvalue weighted by molar-refractivity contribution is 5.77. The molecule has 0 radical (unpaired) electrons. The molecule has 74 valence electrons. The van der Waals surface area contributed by atoms with Gasteiger partial charge in [0.1, 0.15) is 0 Å². The molecule has 12 heavy (non-hydrogen) atoms. The number of carbonyl (C=O) groups is 2. The number of hydrogen-bond acceptors (Lipinski definition) is 4. The van der Waals surface area contributed by atoms with Crippen LogP contribution in [0.25, 0.3) is 0 Å². The van der Waals surface area contributed by atoms with Gasteiger partial charge in [0, 0.05) is 0 Å². The van der Waals surface area contributed by atoms with Crippen LogP contribution in [0.4, 0.5) is 0 Å². The predicted molar refractivity (Wildman–Crippen MR) is 43.7 cm³/mol. The molecule has 0 aliphatic rings. The Morgan fingerprint density at radius 2 is 1.67 bits per heavy atom. The van der Waals surface area contributed by atoms with Gasteiger partial charge in [-0.25, -0.2) is 0 Å². The SMILES string of the molecule is CCC(CC(=O)O)C(=O)O.N.N. The standard InChI is InChI=1S/C6H10O4.2H3N/c1-2-4(6(9)10)3-5(7)8;;/h4H,2-3H2,1H3,(H,7,8)(H,9,10);2*1H3. The molecule has 0 fully saturated rings. The van der Waals surface area contributed by atoms with Crippen molar-refractivity contribution in [3.63, 3.8) is 0 Å². The van der Waals surface area contributed by atoms with Crippen molar-refractivity contribution in [2.45, 2.75) is 19.8 Å². The summed E-state index contributed by atoms with van der Waals surface area (Å²) in [7, 11) is 0. The highest BCUT2D eigenvalue weighted by Crippen LogP contribution is 2.07. The van der Waals surface area contributed by atoms with E-state index >= 15 is 0 Å². The monoisotopic (exact) mass is 180 g/mol. The Labute approximate surface area is 70.7 Å². The first-order valence-corrected chi connectivity index (χ1v) is 3.02. The molecule has 0 spiro atoms. The van der Waals surface area contributed by atoms with E-state index in [9.17, 15) is 9.59 Å². The molecule has 6 heteroatoms. The molecule has 0 aliphatic heterocycles. The van der Waals surface area contributed by atoms with Crippen LogP contribution in [-0.4, -0.2) is 22.2 Å². The number of rotatable bonds is 4. The second kappa shape index (κ2) is 7.96. The van der Waals surface area contributed by atoms with E-state index in [1.807, 2.05) is 0 Å². The number of hydrogen-bond donors (Lipinski definition) is 4. The van der Waals surface area contributed by atoms with Gasteiger partial charge in [-0.05, 0) is 6.42 Å². The van der Waals surface area contributed by atoms with Gasteiger partial charge in [-0.15, -0.1) is 0 Å². The molecule has 0 saturated carbocycles. The van der Waals surface area contributed by atoms with Crippen LogP contribution in [-0.2, 0) is 9.59 Å². The first kappa shape index (κ1) is 17.1. The first-order valence-electron chi connectivity index (χ1n) is 3.02. The summed E-state index contributed by atoms with van der Waals surface area (Å²) in [6, 6.07) is 0. The molecule has 0 saturated heterocycles. The summed E-state index contributed by atoms with van der Waals surface area (Å²) in [5.74, 6) is -2.84. The fraction of sp³-hybridized carbons (Fsp3) is 0.667. The molecule has 0 aromatic carbocycles. The van der Waals surface area contributed by atoms with Crippen molar-refractivity contribution < 1.29 is 19.8 Å². The van der Waals surface area contributed by atoms with Crippen molar-refractivity contribution in [3.05, 3.63) is 0 Å². The maximum atomic E-state index is 10.2. The van der Waals surface area contributed by atoms with Crippen LogP contribution in [0.1, 0.15) is 19.8 Å². The Morgan fingerprint density at radius 1 is 1.25 bits per heavy atom. The highest BCUT2D eigenvalue weighted by atomic mass is 16.4. The van der Waals surface area contributed by atoms with E-state index < -0.39 is 17.9 Å². The van der Waals surface area contributed by atoms with E-state index in [1.54, 1.807) is 6.92 Å². The van der Waals surface area contributed by atoms with Crippen LogP contribution in [0.2, 0.25) is 0 Å². The van der Waals surface area contributed by atoms with Crippen LogP contribution in [0.15, 0.2) is 0 Å². The van der Waals surface area contributed by atoms with Gasteiger partial charge < -0.3 is 22.5 Å². The van der Waals surface area contributed by atoms with Crippen LogP contribution in [0.3, 0.4) is 0 Å². The van der Waals surface area contributed by atoms with Gasteiger partial charge in [-0.2, -0.15) is 0 Å². The molecule has 8 N–H and O–H groups in total. The highest BCUT2D eigenvalue weighted by Gasteiger charge is 2.17. The first-order chi connectivity index (χ1) is 4.57. The summed E-state index contributed by atoms with van der Waals surface area (Å²) >= 11 is 0. The summed E-state index contributed by atoms with van der Waals surface area (Å²) in [6.45, 7) is 1.65.